The van der Waals surface area contributed by atoms with Crippen LogP contribution in [0.15, 0.2) is 48.5 Å². The molecule has 4 nitrogen and oxygen atoms in total. The predicted molar refractivity (Wildman–Crippen MR) is 85.7 cm³/mol. The molecule has 1 aliphatic heterocycles. The molecule has 126 valence electrons. The molecule has 0 spiro atoms. The molecule has 0 fully saturated rings. The molecule has 1 atom stereocenters. The lowest BCUT2D eigenvalue weighted by Crippen LogP contribution is -2.47. The van der Waals surface area contributed by atoms with Crippen LogP contribution in [0, 0.1) is 0 Å². The Hall–Kier alpha value is -2.47. The van der Waals surface area contributed by atoms with Gasteiger partial charge in [0.2, 0.25) is 5.91 Å². The summed E-state index contributed by atoms with van der Waals surface area (Å²) in [5.41, 5.74) is 3.22. The molecular formula is C18H18F2N2O2. The fourth-order valence-corrected chi connectivity index (χ4v) is 2.74. The first-order valence-electron chi connectivity index (χ1n) is 7.73. The van der Waals surface area contributed by atoms with Crippen molar-refractivity contribution in [1.29, 1.82) is 0 Å². The third-order valence-electron chi connectivity index (χ3n) is 4.01. The van der Waals surface area contributed by atoms with Gasteiger partial charge in [0.15, 0.2) is 0 Å². The molecule has 0 aliphatic carbocycles. The summed E-state index contributed by atoms with van der Waals surface area (Å²) >= 11 is 0. The van der Waals surface area contributed by atoms with Gasteiger partial charge in [-0.05, 0) is 35.2 Å². The molecule has 1 unspecified atom stereocenters. The number of hydrogen-bond donors (Lipinski definition) is 2. The smallest absolute Gasteiger partial charge is 0.387 e. The molecule has 0 aromatic heterocycles. The minimum absolute atomic E-state index is 0.0718. The van der Waals surface area contributed by atoms with Crippen LogP contribution in [0.4, 0.5) is 8.78 Å². The maximum absolute atomic E-state index is 12.3. The summed E-state index contributed by atoms with van der Waals surface area (Å²) in [6.07, 6.45) is 0.656. The molecule has 0 saturated carbocycles. The molecular weight excluding hydrogens is 314 g/mol. The fourth-order valence-electron chi connectivity index (χ4n) is 2.74. The van der Waals surface area contributed by atoms with Crippen molar-refractivity contribution in [1.82, 2.24) is 10.6 Å². The summed E-state index contributed by atoms with van der Waals surface area (Å²) < 4.78 is 28.5. The lowest BCUT2D eigenvalue weighted by Gasteiger charge is -2.25. The van der Waals surface area contributed by atoms with Crippen LogP contribution < -0.4 is 15.4 Å². The first kappa shape index (κ1) is 16.4. The van der Waals surface area contributed by atoms with Gasteiger partial charge in [-0.25, -0.2) is 0 Å². The van der Waals surface area contributed by atoms with Crippen LogP contribution in [0.25, 0.3) is 0 Å². The minimum atomic E-state index is -2.84. The lowest BCUT2D eigenvalue weighted by molar-refractivity contribution is -0.123. The Morgan fingerprint density at radius 3 is 2.58 bits per heavy atom. The first-order chi connectivity index (χ1) is 11.6. The standard InChI is InChI=1S/C18H18F2N2O2/c19-18(20)24-15-7-5-12(6-8-15)10-22-17(23)16-9-13-3-1-2-4-14(13)11-21-16/h1-8,16,18,21H,9-11H2,(H,22,23). The first-order valence-corrected chi connectivity index (χ1v) is 7.73. The number of carbonyl (C=O) groups excluding carboxylic acids is 1. The molecule has 6 heteroatoms. The molecule has 0 bridgehead atoms. The molecule has 2 N–H and O–H groups in total. The molecule has 1 amide bonds. The highest BCUT2D eigenvalue weighted by molar-refractivity contribution is 5.82. The van der Waals surface area contributed by atoms with Crippen molar-refractivity contribution in [2.45, 2.75) is 32.2 Å². The van der Waals surface area contributed by atoms with Crippen LogP contribution in [0.1, 0.15) is 16.7 Å². The zero-order valence-electron chi connectivity index (χ0n) is 13.0. The molecule has 1 heterocycles. The molecule has 2 aromatic carbocycles. The van der Waals surface area contributed by atoms with Gasteiger partial charge >= 0.3 is 6.61 Å². The summed E-state index contributed by atoms with van der Waals surface area (Å²) in [5.74, 6) is 0.0306. The topological polar surface area (TPSA) is 50.4 Å². The second kappa shape index (κ2) is 7.40. The van der Waals surface area contributed by atoms with Gasteiger partial charge in [0.05, 0.1) is 6.04 Å². The van der Waals surface area contributed by atoms with E-state index in [4.69, 9.17) is 0 Å². The molecule has 24 heavy (non-hydrogen) atoms. The number of nitrogens with one attached hydrogen (secondary N) is 2. The van der Waals surface area contributed by atoms with Gasteiger partial charge in [0, 0.05) is 13.1 Å². The van der Waals surface area contributed by atoms with E-state index in [0.29, 0.717) is 19.5 Å². The molecule has 0 saturated heterocycles. The normalized spacial score (nSPS) is 16.5. The Morgan fingerprint density at radius 2 is 1.88 bits per heavy atom. The van der Waals surface area contributed by atoms with E-state index >= 15 is 0 Å². The van der Waals surface area contributed by atoms with Crippen LogP contribution in [-0.4, -0.2) is 18.6 Å². The number of benzene rings is 2. The van der Waals surface area contributed by atoms with Gasteiger partial charge in [-0.3, -0.25) is 4.79 Å². The van der Waals surface area contributed by atoms with Crippen molar-refractivity contribution in [2.24, 2.45) is 0 Å². The van der Waals surface area contributed by atoms with E-state index in [2.05, 4.69) is 21.4 Å². The van der Waals surface area contributed by atoms with E-state index in [-0.39, 0.29) is 17.7 Å². The van der Waals surface area contributed by atoms with Crippen LogP contribution in [0.2, 0.25) is 0 Å². The number of halogens is 2. The van der Waals surface area contributed by atoms with E-state index in [9.17, 15) is 13.6 Å². The average Bonchev–Trinajstić information content (AvgIpc) is 2.60. The second-order valence-corrected chi connectivity index (χ2v) is 5.65. The zero-order valence-corrected chi connectivity index (χ0v) is 13.0. The number of carbonyl (C=O) groups is 1. The Balaban J connectivity index is 1.53. The predicted octanol–water partition coefficient (Wildman–Crippen LogP) is 2.62. The van der Waals surface area contributed by atoms with Gasteiger partial charge < -0.3 is 15.4 Å². The Morgan fingerprint density at radius 1 is 1.17 bits per heavy atom. The zero-order chi connectivity index (χ0) is 16.9. The number of rotatable bonds is 5. The largest absolute Gasteiger partial charge is 0.435 e. The number of ether oxygens (including phenoxy) is 1. The number of fused-ring (bicyclic) bond motifs is 1. The summed E-state index contributed by atoms with van der Waals surface area (Å²) in [6.45, 7) is -1.82. The maximum atomic E-state index is 12.3. The summed E-state index contributed by atoms with van der Waals surface area (Å²) in [7, 11) is 0. The second-order valence-electron chi connectivity index (χ2n) is 5.65. The van der Waals surface area contributed by atoms with E-state index in [1.54, 1.807) is 12.1 Å². The van der Waals surface area contributed by atoms with Gasteiger partial charge in [0.1, 0.15) is 5.75 Å². The van der Waals surface area contributed by atoms with Crippen molar-refractivity contribution < 1.29 is 18.3 Å². The molecule has 3 rings (SSSR count). The average molecular weight is 332 g/mol. The quantitative estimate of drug-likeness (QED) is 0.885. The van der Waals surface area contributed by atoms with Crippen molar-refractivity contribution >= 4 is 5.91 Å². The van der Waals surface area contributed by atoms with E-state index < -0.39 is 6.61 Å². The highest BCUT2D eigenvalue weighted by atomic mass is 19.3. The Labute approximate surface area is 138 Å². The van der Waals surface area contributed by atoms with Crippen LogP contribution in [-0.2, 0) is 24.3 Å². The summed E-state index contributed by atoms with van der Waals surface area (Å²) in [5, 5.41) is 6.10. The van der Waals surface area contributed by atoms with Crippen molar-refractivity contribution in [3.8, 4) is 5.75 Å². The SMILES string of the molecule is O=C(NCc1ccc(OC(F)F)cc1)C1Cc2ccccc2CN1. The number of amides is 1. The van der Waals surface area contributed by atoms with Gasteiger partial charge in [-0.1, -0.05) is 36.4 Å². The van der Waals surface area contributed by atoms with Crippen LogP contribution in [0.3, 0.4) is 0 Å². The monoisotopic (exact) mass is 332 g/mol. The van der Waals surface area contributed by atoms with E-state index in [0.717, 1.165) is 5.56 Å². The molecule has 2 aromatic rings. The van der Waals surface area contributed by atoms with Crippen molar-refractivity contribution in [3.05, 3.63) is 65.2 Å². The van der Waals surface area contributed by atoms with Crippen molar-refractivity contribution in [2.75, 3.05) is 0 Å². The summed E-state index contributed by atoms with van der Waals surface area (Å²) in [6, 6.07) is 14.0. The Kier molecular flexibility index (Phi) is 5.05. The highest BCUT2D eigenvalue weighted by Crippen LogP contribution is 2.17. The van der Waals surface area contributed by atoms with Crippen molar-refractivity contribution in [3.63, 3.8) is 0 Å². The molecule has 1 aliphatic rings. The van der Waals surface area contributed by atoms with Gasteiger partial charge in [-0.15, -0.1) is 0 Å². The Bertz CT molecular complexity index is 704. The van der Waals surface area contributed by atoms with Crippen LogP contribution in [0.5, 0.6) is 5.75 Å². The third kappa shape index (κ3) is 4.08. The van der Waals surface area contributed by atoms with E-state index in [1.165, 1.54) is 23.3 Å². The maximum Gasteiger partial charge on any atom is 0.387 e. The number of alkyl halides is 2. The van der Waals surface area contributed by atoms with Gasteiger partial charge in [-0.2, -0.15) is 8.78 Å². The summed E-state index contributed by atoms with van der Waals surface area (Å²) in [4.78, 5) is 12.3. The minimum Gasteiger partial charge on any atom is -0.435 e. The van der Waals surface area contributed by atoms with Gasteiger partial charge in [0.25, 0.3) is 0 Å². The highest BCUT2D eigenvalue weighted by Gasteiger charge is 2.23. The number of hydrogen-bond acceptors (Lipinski definition) is 3. The lowest BCUT2D eigenvalue weighted by atomic mass is 9.95. The van der Waals surface area contributed by atoms with E-state index in [1.807, 2.05) is 18.2 Å². The van der Waals surface area contributed by atoms with Crippen LogP contribution >= 0.6 is 0 Å². The third-order valence-corrected chi connectivity index (χ3v) is 4.01. The molecule has 0 radical (unpaired) electrons. The fraction of sp³-hybridized carbons (Fsp3) is 0.278.